The number of amides is 1. The van der Waals surface area contributed by atoms with Gasteiger partial charge in [0, 0.05) is 6.54 Å². The lowest BCUT2D eigenvalue weighted by atomic mass is 10.2. The maximum Gasteiger partial charge on any atom is 0.255 e. The molecule has 0 aliphatic carbocycles. The van der Waals surface area contributed by atoms with Crippen molar-refractivity contribution in [2.75, 3.05) is 13.2 Å². The molecule has 0 unspecified atom stereocenters. The van der Waals surface area contributed by atoms with Crippen LogP contribution in [0, 0.1) is 0 Å². The topological polar surface area (TPSA) is 58.6 Å². The van der Waals surface area contributed by atoms with Gasteiger partial charge in [-0.2, -0.15) is 0 Å². The van der Waals surface area contributed by atoms with Crippen molar-refractivity contribution in [2.24, 2.45) is 0 Å². The standard InChI is InChI=1S/C13H19NO3/c1-3-8-17-12-7-5-4-6-11(12)13(16)14-9-10(2)15/h4-7,10,15H,3,8-9H2,1-2H3,(H,14,16)/t10-/m1/s1. The summed E-state index contributed by atoms with van der Waals surface area (Å²) in [4.78, 5) is 11.8. The molecule has 0 heterocycles. The van der Waals surface area contributed by atoms with Gasteiger partial charge in [-0.1, -0.05) is 19.1 Å². The van der Waals surface area contributed by atoms with E-state index in [-0.39, 0.29) is 12.5 Å². The minimum Gasteiger partial charge on any atom is -0.493 e. The third-order valence-corrected chi connectivity index (χ3v) is 2.15. The van der Waals surface area contributed by atoms with Gasteiger partial charge < -0.3 is 15.2 Å². The van der Waals surface area contributed by atoms with E-state index in [1.807, 2.05) is 13.0 Å². The maximum atomic E-state index is 11.8. The molecule has 0 saturated carbocycles. The van der Waals surface area contributed by atoms with Gasteiger partial charge in [-0.3, -0.25) is 4.79 Å². The van der Waals surface area contributed by atoms with Crippen LogP contribution in [0.4, 0.5) is 0 Å². The normalized spacial score (nSPS) is 11.9. The summed E-state index contributed by atoms with van der Waals surface area (Å²) < 4.78 is 5.49. The van der Waals surface area contributed by atoms with E-state index in [0.29, 0.717) is 17.9 Å². The molecule has 1 rings (SSSR count). The first-order valence-electron chi connectivity index (χ1n) is 5.83. The van der Waals surface area contributed by atoms with E-state index < -0.39 is 6.10 Å². The number of hydrogen-bond donors (Lipinski definition) is 2. The van der Waals surface area contributed by atoms with Crippen LogP contribution in [0.3, 0.4) is 0 Å². The number of benzene rings is 1. The van der Waals surface area contributed by atoms with E-state index in [4.69, 9.17) is 9.84 Å². The monoisotopic (exact) mass is 237 g/mol. The number of carbonyl (C=O) groups is 1. The lowest BCUT2D eigenvalue weighted by molar-refractivity contribution is 0.0920. The van der Waals surface area contributed by atoms with Gasteiger partial charge in [0.05, 0.1) is 18.3 Å². The van der Waals surface area contributed by atoms with E-state index in [1.165, 1.54) is 0 Å². The first kappa shape index (κ1) is 13.5. The zero-order valence-electron chi connectivity index (χ0n) is 10.3. The quantitative estimate of drug-likeness (QED) is 0.790. The molecule has 0 fully saturated rings. The van der Waals surface area contributed by atoms with Gasteiger partial charge in [-0.25, -0.2) is 0 Å². The van der Waals surface area contributed by atoms with Gasteiger partial charge in [-0.15, -0.1) is 0 Å². The molecule has 1 atom stereocenters. The summed E-state index contributed by atoms with van der Waals surface area (Å²) in [6.07, 6.45) is 0.339. The number of aliphatic hydroxyl groups excluding tert-OH is 1. The third kappa shape index (κ3) is 4.44. The first-order valence-corrected chi connectivity index (χ1v) is 5.83. The van der Waals surface area contributed by atoms with E-state index in [9.17, 15) is 4.79 Å². The molecule has 17 heavy (non-hydrogen) atoms. The average molecular weight is 237 g/mol. The van der Waals surface area contributed by atoms with Crippen molar-refractivity contribution in [1.82, 2.24) is 5.32 Å². The highest BCUT2D eigenvalue weighted by Crippen LogP contribution is 2.17. The Labute approximate surface area is 102 Å². The van der Waals surface area contributed by atoms with Crippen molar-refractivity contribution >= 4 is 5.91 Å². The van der Waals surface area contributed by atoms with Crippen LogP contribution in [0.5, 0.6) is 5.75 Å². The second-order valence-electron chi connectivity index (χ2n) is 3.90. The molecule has 94 valence electrons. The molecule has 0 aliphatic rings. The Morgan fingerprint density at radius 2 is 2.18 bits per heavy atom. The molecule has 0 bridgehead atoms. The van der Waals surface area contributed by atoms with Gasteiger partial charge in [0.15, 0.2) is 0 Å². The van der Waals surface area contributed by atoms with Crippen LogP contribution in [0.25, 0.3) is 0 Å². The van der Waals surface area contributed by atoms with Gasteiger partial charge in [0.2, 0.25) is 0 Å². The van der Waals surface area contributed by atoms with Crippen molar-refractivity contribution < 1.29 is 14.6 Å². The summed E-state index contributed by atoms with van der Waals surface area (Å²) >= 11 is 0. The second-order valence-corrected chi connectivity index (χ2v) is 3.90. The smallest absolute Gasteiger partial charge is 0.255 e. The van der Waals surface area contributed by atoms with Crippen LogP contribution >= 0.6 is 0 Å². The molecule has 0 radical (unpaired) electrons. The van der Waals surface area contributed by atoms with Crippen LogP contribution in [0.1, 0.15) is 30.6 Å². The predicted molar refractivity (Wildman–Crippen MR) is 66.2 cm³/mol. The highest BCUT2D eigenvalue weighted by Gasteiger charge is 2.11. The molecule has 4 nitrogen and oxygen atoms in total. The van der Waals surface area contributed by atoms with Crippen molar-refractivity contribution in [3.63, 3.8) is 0 Å². The van der Waals surface area contributed by atoms with E-state index in [0.717, 1.165) is 6.42 Å². The highest BCUT2D eigenvalue weighted by atomic mass is 16.5. The minimum atomic E-state index is -0.553. The summed E-state index contributed by atoms with van der Waals surface area (Å²) in [5, 5.41) is 11.8. The summed E-state index contributed by atoms with van der Waals surface area (Å²) in [5.41, 5.74) is 0.501. The molecule has 4 heteroatoms. The van der Waals surface area contributed by atoms with Crippen LogP contribution in [0.15, 0.2) is 24.3 Å². The molecule has 0 aromatic heterocycles. The Balaban J connectivity index is 2.70. The highest BCUT2D eigenvalue weighted by molar-refractivity contribution is 5.96. The summed E-state index contributed by atoms with van der Waals surface area (Å²) in [5.74, 6) is 0.357. The number of para-hydroxylation sites is 1. The van der Waals surface area contributed by atoms with Crippen LogP contribution in [0.2, 0.25) is 0 Å². The fourth-order valence-corrected chi connectivity index (χ4v) is 1.33. The van der Waals surface area contributed by atoms with Crippen molar-refractivity contribution in [1.29, 1.82) is 0 Å². The molecule has 2 N–H and O–H groups in total. The van der Waals surface area contributed by atoms with Gasteiger partial charge >= 0.3 is 0 Å². The molecule has 1 aromatic carbocycles. The van der Waals surface area contributed by atoms with Crippen LogP contribution in [-0.4, -0.2) is 30.3 Å². The predicted octanol–water partition coefficient (Wildman–Crippen LogP) is 1.59. The van der Waals surface area contributed by atoms with Gasteiger partial charge in [0.25, 0.3) is 5.91 Å². The Kier molecular flexibility index (Phi) is 5.49. The summed E-state index contributed by atoms with van der Waals surface area (Å²) in [6.45, 7) is 4.46. The van der Waals surface area contributed by atoms with E-state index >= 15 is 0 Å². The number of carbonyl (C=O) groups excluding carboxylic acids is 1. The van der Waals surface area contributed by atoms with Crippen LogP contribution in [-0.2, 0) is 0 Å². The SMILES string of the molecule is CCCOc1ccccc1C(=O)NC[C@@H](C)O. The third-order valence-electron chi connectivity index (χ3n) is 2.15. The Bertz CT molecular complexity index is 363. The molecule has 0 spiro atoms. The molecule has 0 saturated heterocycles. The number of aliphatic hydroxyl groups is 1. The lowest BCUT2D eigenvalue weighted by Crippen LogP contribution is -2.30. The Morgan fingerprint density at radius 1 is 1.47 bits per heavy atom. The summed E-state index contributed by atoms with van der Waals surface area (Å²) in [6, 6.07) is 7.10. The van der Waals surface area contributed by atoms with Crippen molar-refractivity contribution in [3.05, 3.63) is 29.8 Å². The zero-order valence-corrected chi connectivity index (χ0v) is 10.3. The lowest BCUT2D eigenvalue weighted by Gasteiger charge is -2.11. The Morgan fingerprint density at radius 3 is 2.82 bits per heavy atom. The number of ether oxygens (including phenoxy) is 1. The first-order chi connectivity index (χ1) is 8.15. The minimum absolute atomic E-state index is 0.224. The van der Waals surface area contributed by atoms with E-state index in [1.54, 1.807) is 25.1 Å². The summed E-state index contributed by atoms with van der Waals surface area (Å²) in [7, 11) is 0. The maximum absolute atomic E-state index is 11.8. The molecular weight excluding hydrogens is 218 g/mol. The Hall–Kier alpha value is -1.55. The fraction of sp³-hybridized carbons (Fsp3) is 0.462. The van der Waals surface area contributed by atoms with Crippen molar-refractivity contribution in [2.45, 2.75) is 26.4 Å². The molecule has 0 aliphatic heterocycles. The molecule has 1 aromatic rings. The molecular formula is C13H19NO3. The fourth-order valence-electron chi connectivity index (χ4n) is 1.33. The number of hydrogen-bond acceptors (Lipinski definition) is 3. The number of rotatable bonds is 6. The van der Waals surface area contributed by atoms with Crippen molar-refractivity contribution in [3.8, 4) is 5.75 Å². The van der Waals surface area contributed by atoms with Gasteiger partial charge in [0.1, 0.15) is 5.75 Å². The molecule has 1 amide bonds. The average Bonchev–Trinajstić information content (AvgIpc) is 2.33. The van der Waals surface area contributed by atoms with Gasteiger partial charge in [-0.05, 0) is 25.5 Å². The van der Waals surface area contributed by atoms with Crippen LogP contribution < -0.4 is 10.1 Å². The zero-order chi connectivity index (χ0) is 12.7. The number of nitrogens with one attached hydrogen (secondary N) is 1. The van der Waals surface area contributed by atoms with E-state index in [2.05, 4.69) is 5.32 Å². The largest absolute Gasteiger partial charge is 0.493 e. The second kappa shape index (κ2) is 6.91.